The van der Waals surface area contributed by atoms with E-state index in [1.807, 2.05) is 30.3 Å². The minimum absolute atomic E-state index is 0.293. The lowest BCUT2D eigenvalue weighted by molar-refractivity contribution is -0.111. The molecule has 31 heavy (non-hydrogen) atoms. The summed E-state index contributed by atoms with van der Waals surface area (Å²) in [5.74, 6) is 1.99. The van der Waals surface area contributed by atoms with Crippen molar-refractivity contribution in [1.29, 1.82) is 0 Å². The van der Waals surface area contributed by atoms with Crippen molar-refractivity contribution in [2.75, 3.05) is 26.6 Å². The Hall–Kier alpha value is -4.00. The second kappa shape index (κ2) is 10.7. The third-order valence-corrected chi connectivity index (χ3v) is 4.36. The molecule has 160 valence electrons. The lowest BCUT2D eigenvalue weighted by Gasteiger charge is -2.12. The first-order valence-corrected chi connectivity index (χ1v) is 9.54. The van der Waals surface area contributed by atoms with Crippen LogP contribution in [0.2, 0.25) is 0 Å². The summed E-state index contributed by atoms with van der Waals surface area (Å²) in [4.78, 5) is 16.6. The van der Waals surface area contributed by atoms with Gasteiger partial charge >= 0.3 is 0 Å². The fourth-order valence-corrected chi connectivity index (χ4v) is 2.84. The number of hydrogen-bond donors (Lipinski definition) is 1. The highest BCUT2D eigenvalue weighted by atomic mass is 16.5. The Morgan fingerprint density at radius 3 is 2.42 bits per heavy atom. The van der Waals surface area contributed by atoms with Gasteiger partial charge in [0.25, 0.3) is 0 Å². The molecule has 1 aromatic heterocycles. The summed E-state index contributed by atoms with van der Waals surface area (Å²) in [6, 6.07) is 16.3. The summed E-state index contributed by atoms with van der Waals surface area (Å²) in [5, 5.41) is 2.82. The van der Waals surface area contributed by atoms with E-state index in [4.69, 9.17) is 18.9 Å². The predicted octanol–water partition coefficient (Wildman–Crippen LogP) is 4.34. The highest BCUT2D eigenvalue weighted by Crippen LogP contribution is 2.35. The first kappa shape index (κ1) is 21.7. The lowest BCUT2D eigenvalue weighted by Crippen LogP contribution is -2.08. The van der Waals surface area contributed by atoms with Crippen LogP contribution in [0.1, 0.15) is 11.3 Å². The van der Waals surface area contributed by atoms with Gasteiger partial charge < -0.3 is 24.3 Å². The fourth-order valence-electron chi connectivity index (χ4n) is 2.84. The van der Waals surface area contributed by atoms with E-state index >= 15 is 0 Å². The molecule has 0 spiro atoms. The van der Waals surface area contributed by atoms with Crippen LogP contribution in [0.4, 0.5) is 5.69 Å². The van der Waals surface area contributed by atoms with Crippen LogP contribution in [0.15, 0.2) is 66.9 Å². The highest BCUT2D eigenvalue weighted by molar-refractivity contribution is 6.02. The molecule has 1 amide bonds. The Kier molecular flexibility index (Phi) is 7.48. The molecule has 0 aliphatic carbocycles. The van der Waals surface area contributed by atoms with Gasteiger partial charge in [0.15, 0.2) is 11.5 Å². The molecule has 2 aromatic carbocycles. The molecule has 0 aliphatic rings. The van der Waals surface area contributed by atoms with Crippen LogP contribution in [-0.2, 0) is 11.4 Å². The van der Waals surface area contributed by atoms with Gasteiger partial charge in [-0.15, -0.1) is 0 Å². The quantitative estimate of drug-likeness (QED) is 0.519. The molecule has 0 radical (unpaired) electrons. The van der Waals surface area contributed by atoms with Crippen LogP contribution in [0.25, 0.3) is 6.08 Å². The number of aromatic nitrogens is 1. The fraction of sp³-hybridized carbons (Fsp3) is 0.167. The van der Waals surface area contributed by atoms with Crippen molar-refractivity contribution in [2.45, 2.75) is 6.61 Å². The molecule has 0 aliphatic heterocycles. The van der Waals surface area contributed by atoms with E-state index in [9.17, 15) is 4.79 Å². The van der Waals surface area contributed by atoms with E-state index in [0.717, 1.165) is 5.69 Å². The highest BCUT2D eigenvalue weighted by Gasteiger charge is 2.10. The zero-order valence-electron chi connectivity index (χ0n) is 17.6. The monoisotopic (exact) mass is 420 g/mol. The number of ether oxygens (including phenoxy) is 4. The van der Waals surface area contributed by atoms with Crippen molar-refractivity contribution >= 4 is 17.7 Å². The molecule has 1 heterocycles. The molecular weight excluding hydrogens is 396 g/mol. The van der Waals surface area contributed by atoms with Crippen molar-refractivity contribution in [2.24, 2.45) is 0 Å². The number of anilines is 1. The zero-order chi connectivity index (χ0) is 22.1. The minimum Gasteiger partial charge on any atom is -0.496 e. The molecule has 3 rings (SSSR count). The molecule has 3 aromatic rings. The topological polar surface area (TPSA) is 78.9 Å². The maximum atomic E-state index is 12.4. The third-order valence-electron chi connectivity index (χ3n) is 4.36. The normalized spacial score (nSPS) is 10.5. The number of hydrogen-bond acceptors (Lipinski definition) is 6. The van der Waals surface area contributed by atoms with Gasteiger partial charge in [-0.05, 0) is 36.4 Å². The second-order valence-electron chi connectivity index (χ2n) is 6.41. The molecule has 7 nitrogen and oxygen atoms in total. The van der Waals surface area contributed by atoms with Gasteiger partial charge in [-0.25, -0.2) is 0 Å². The van der Waals surface area contributed by atoms with Crippen molar-refractivity contribution in [1.82, 2.24) is 4.98 Å². The Bertz CT molecular complexity index is 1050. The molecule has 0 saturated carbocycles. The average molecular weight is 420 g/mol. The van der Waals surface area contributed by atoms with E-state index in [2.05, 4.69) is 10.3 Å². The maximum absolute atomic E-state index is 12.4. The Morgan fingerprint density at radius 2 is 1.71 bits per heavy atom. The molecule has 1 N–H and O–H groups in total. The zero-order valence-corrected chi connectivity index (χ0v) is 17.6. The van der Waals surface area contributed by atoms with Gasteiger partial charge in [0.05, 0.1) is 27.0 Å². The van der Waals surface area contributed by atoms with Crippen molar-refractivity contribution in [3.8, 4) is 23.0 Å². The summed E-state index contributed by atoms with van der Waals surface area (Å²) in [6.07, 6.45) is 4.79. The largest absolute Gasteiger partial charge is 0.496 e. The minimum atomic E-state index is -0.293. The number of nitrogens with one attached hydrogen (secondary N) is 1. The van der Waals surface area contributed by atoms with Crippen LogP contribution in [-0.4, -0.2) is 32.2 Å². The molecular formula is C24H24N2O5. The summed E-state index contributed by atoms with van der Waals surface area (Å²) in [6.45, 7) is 0.344. The van der Waals surface area contributed by atoms with E-state index in [1.54, 1.807) is 57.9 Å². The molecule has 0 bridgehead atoms. The Labute approximate surface area is 181 Å². The summed E-state index contributed by atoms with van der Waals surface area (Å²) < 4.78 is 21.7. The number of benzene rings is 2. The Morgan fingerprint density at radius 1 is 0.935 bits per heavy atom. The van der Waals surface area contributed by atoms with Crippen LogP contribution >= 0.6 is 0 Å². The number of pyridine rings is 1. The first-order chi connectivity index (χ1) is 15.1. The van der Waals surface area contributed by atoms with E-state index in [-0.39, 0.29) is 5.91 Å². The number of amides is 1. The molecule has 0 saturated heterocycles. The van der Waals surface area contributed by atoms with Crippen LogP contribution < -0.4 is 24.3 Å². The Balaban J connectivity index is 1.66. The SMILES string of the molecule is COc1cc(OC)c(OC)cc1/C=C/C(=O)Nc1cccc(OCc2ccccn2)c1. The number of rotatable bonds is 9. The van der Waals surface area contributed by atoms with Gasteiger partial charge in [-0.3, -0.25) is 9.78 Å². The third kappa shape index (κ3) is 5.99. The van der Waals surface area contributed by atoms with Gasteiger partial charge in [-0.1, -0.05) is 12.1 Å². The standard InChI is InChI=1S/C24H24N2O5/c1-28-21-15-23(30-3)22(29-2)13-17(21)10-11-24(27)26-18-8-6-9-20(14-18)31-16-19-7-4-5-12-25-19/h4-15H,16H2,1-3H3,(H,26,27)/b11-10+. The van der Waals surface area contributed by atoms with E-state index in [1.165, 1.54) is 6.08 Å². The second-order valence-corrected chi connectivity index (χ2v) is 6.41. The van der Waals surface area contributed by atoms with Gasteiger partial charge in [0, 0.05) is 35.7 Å². The molecule has 0 unspecified atom stereocenters. The lowest BCUT2D eigenvalue weighted by atomic mass is 10.1. The maximum Gasteiger partial charge on any atom is 0.248 e. The first-order valence-electron chi connectivity index (χ1n) is 9.54. The molecule has 0 atom stereocenters. The van der Waals surface area contributed by atoms with Crippen LogP contribution in [0.3, 0.4) is 0 Å². The molecule has 0 fully saturated rings. The summed E-state index contributed by atoms with van der Waals surface area (Å²) in [5.41, 5.74) is 2.12. The van der Waals surface area contributed by atoms with E-state index in [0.29, 0.717) is 40.9 Å². The summed E-state index contributed by atoms with van der Waals surface area (Å²) in [7, 11) is 4.65. The van der Waals surface area contributed by atoms with Crippen molar-refractivity contribution in [3.05, 3.63) is 78.1 Å². The van der Waals surface area contributed by atoms with Gasteiger partial charge in [-0.2, -0.15) is 0 Å². The van der Waals surface area contributed by atoms with Crippen molar-refractivity contribution in [3.63, 3.8) is 0 Å². The average Bonchev–Trinajstić information content (AvgIpc) is 2.81. The smallest absolute Gasteiger partial charge is 0.248 e. The number of nitrogens with zero attached hydrogens (tertiary/aromatic N) is 1. The number of carbonyl (C=O) groups is 1. The summed E-state index contributed by atoms with van der Waals surface area (Å²) >= 11 is 0. The predicted molar refractivity (Wildman–Crippen MR) is 119 cm³/mol. The molecule has 7 heteroatoms. The van der Waals surface area contributed by atoms with Crippen LogP contribution in [0.5, 0.6) is 23.0 Å². The van der Waals surface area contributed by atoms with E-state index < -0.39 is 0 Å². The van der Waals surface area contributed by atoms with Gasteiger partial charge in [0.2, 0.25) is 5.91 Å². The number of methoxy groups -OCH3 is 3. The van der Waals surface area contributed by atoms with Crippen molar-refractivity contribution < 1.29 is 23.7 Å². The van der Waals surface area contributed by atoms with Crippen LogP contribution in [0, 0.1) is 0 Å². The number of carbonyl (C=O) groups excluding carboxylic acids is 1. The van der Waals surface area contributed by atoms with Gasteiger partial charge in [0.1, 0.15) is 18.1 Å².